The third-order valence-electron chi connectivity index (χ3n) is 3.19. The van der Waals surface area contributed by atoms with Gasteiger partial charge in [0.2, 0.25) is 5.76 Å². The van der Waals surface area contributed by atoms with Gasteiger partial charge in [-0.1, -0.05) is 16.8 Å². The van der Waals surface area contributed by atoms with Crippen LogP contribution in [-0.2, 0) is 7.05 Å². The Morgan fingerprint density at radius 2 is 2.12 bits per heavy atom. The number of carbonyl (C=O) groups is 2. The Balaban J connectivity index is 1.77. The molecular weight excluding hydrogens is 336 g/mol. The number of nitrogens with one attached hydrogen (secondary N) is 1. The molecule has 2 heterocycles. The van der Waals surface area contributed by atoms with Gasteiger partial charge in [0.05, 0.1) is 16.8 Å². The van der Waals surface area contributed by atoms with Crippen molar-refractivity contribution in [3.05, 3.63) is 53.0 Å². The number of anilines is 1. The van der Waals surface area contributed by atoms with Gasteiger partial charge in [-0.05, 0) is 18.2 Å². The van der Waals surface area contributed by atoms with Crippen LogP contribution in [-0.4, -0.2) is 31.9 Å². The van der Waals surface area contributed by atoms with Crippen molar-refractivity contribution >= 4 is 29.2 Å². The van der Waals surface area contributed by atoms with Crippen LogP contribution in [0.4, 0.5) is 5.69 Å². The average Bonchev–Trinajstić information content (AvgIpc) is 3.15. The van der Waals surface area contributed by atoms with E-state index in [1.54, 1.807) is 24.1 Å². The fourth-order valence-electron chi connectivity index (χ4n) is 2.03. The van der Waals surface area contributed by atoms with Gasteiger partial charge in [-0.15, -0.1) is 0 Å². The van der Waals surface area contributed by atoms with Crippen LogP contribution >= 0.6 is 11.6 Å². The van der Waals surface area contributed by atoms with E-state index in [1.807, 2.05) is 0 Å². The zero-order chi connectivity index (χ0) is 17.3. The standard InChI is InChI=1S/C15H11ClN4O4/c1-20-7-8(6-17-20)12-5-13(24-19-12)14(21)18-9-2-3-10(15(22)23)11(16)4-9/h2-7H,1H3,(H,18,21)(H,22,23). The molecule has 3 rings (SSSR count). The zero-order valence-corrected chi connectivity index (χ0v) is 13.1. The van der Waals surface area contributed by atoms with Crippen LogP contribution in [0.1, 0.15) is 20.9 Å². The second-order valence-electron chi connectivity index (χ2n) is 4.93. The van der Waals surface area contributed by atoms with Gasteiger partial charge < -0.3 is 14.9 Å². The number of aryl methyl sites for hydroxylation is 1. The number of amides is 1. The molecule has 0 saturated heterocycles. The number of aromatic nitrogens is 3. The molecule has 0 aliphatic rings. The summed E-state index contributed by atoms with van der Waals surface area (Å²) in [5.74, 6) is -1.67. The summed E-state index contributed by atoms with van der Waals surface area (Å²) in [6.45, 7) is 0. The minimum atomic E-state index is -1.14. The summed E-state index contributed by atoms with van der Waals surface area (Å²) in [6, 6.07) is 5.58. The third-order valence-corrected chi connectivity index (χ3v) is 3.50. The van der Waals surface area contributed by atoms with Crippen molar-refractivity contribution in [3.8, 4) is 11.3 Å². The first kappa shape index (κ1) is 15.8. The van der Waals surface area contributed by atoms with Gasteiger partial charge in [0, 0.05) is 30.6 Å². The van der Waals surface area contributed by atoms with Gasteiger partial charge in [-0.3, -0.25) is 9.48 Å². The lowest BCUT2D eigenvalue weighted by molar-refractivity contribution is 0.0697. The number of carboxylic acid groups (broad SMARTS) is 1. The molecule has 0 atom stereocenters. The van der Waals surface area contributed by atoms with E-state index in [0.29, 0.717) is 16.9 Å². The first-order valence-electron chi connectivity index (χ1n) is 6.74. The number of nitrogens with zero attached hydrogens (tertiary/aromatic N) is 3. The maximum Gasteiger partial charge on any atom is 0.337 e. The lowest BCUT2D eigenvalue weighted by Gasteiger charge is -2.05. The molecule has 1 amide bonds. The Kier molecular flexibility index (Phi) is 4.05. The quantitative estimate of drug-likeness (QED) is 0.751. The first-order valence-corrected chi connectivity index (χ1v) is 7.12. The lowest BCUT2D eigenvalue weighted by atomic mass is 10.2. The fourth-order valence-corrected chi connectivity index (χ4v) is 2.29. The summed E-state index contributed by atoms with van der Waals surface area (Å²) < 4.78 is 6.64. The molecule has 122 valence electrons. The fraction of sp³-hybridized carbons (Fsp3) is 0.0667. The van der Waals surface area contributed by atoms with Crippen molar-refractivity contribution in [3.63, 3.8) is 0 Å². The first-order chi connectivity index (χ1) is 11.4. The van der Waals surface area contributed by atoms with Crippen LogP contribution in [0.25, 0.3) is 11.3 Å². The highest BCUT2D eigenvalue weighted by Gasteiger charge is 2.16. The van der Waals surface area contributed by atoms with Crippen molar-refractivity contribution in [1.82, 2.24) is 14.9 Å². The van der Waals surface area contributed by atoms with Gasteiger partial charge in [0.15, 0.2) is 0 Å². The number of benzene rings is 1. The molecule has 2 aromatic heterocycles. The minimum Gasteiger partial charge on any atom is -0.478 e. The zero-order valence-electron chi connectivity index (χ0n) is 12.4. The molecule has 0 aliphatic heterocycles. The van der Waals surface area contributed by atoms with Gasteiger partial charge in [-0.2, -0.15) is 5.10 Å². The number of carboxylic acids is 1. The van der Waals surface area contributed by atoms with E-state index < -0.39 is 11.9 Å². The molecule has 9 heteroatoms. The molecule has 3 aromatic rings. The SMILES string of the molecule is Cn1cc(-c2cc(C(=O)Nc3ccc(C(=O)O)c(Cl)c3)on2)cn1. The predicted octanol–water partition coefficient (Wildman–Crippen LogP) is 2.68. The van der Waals surface area contributed by atoms with Crippen molar-refractivity contribution in [2.75, 3.05) is 5.32 Å². The Bertz CT molecular complexity index is 931. The molecule has 8 nitrogen and oxygen atoms in total. The smallest absolute Gasteiger partial charge is 0.337 e. The summed E-state index contributed by atoms with van der Waals surface area (Å²) in [4.78, 5) is 23.1. The Morgan fingerprint density at radius 3 is 2.75 bits per heavy atom. The van der Waals surface area contributed by atoms with E-state index in [1.165, 1.54) is 24.3 Å². The second kappa shape index (κ2) is 6.17. The van der Waals surface area contributed by atoms with Crippen molar-refractivity contribution < 1.29 is 19.2 Å². The molecule has 0 aliphatic carbocycles. The number of hydrogen-bond donors (Lipinski definition) is 2. The van der Waals surface area contributed by atoms with Crippen LogP contribution in [0, 0.1) is 0 Å². The molecule has 0 spiro atoms. The molecule has 0 fully saturated rings. The van der Waals surface area contributed by atoms with E-state index in [2.05, 4.69) is 15.6 Å². The maximum absolute atomic E-state index is 12.2. The third kappa shape index (κ3) is 3.13. The summed E-state index contributed by atoms with van der Waals surface area (Å²) in [5.41, 5.74) is 1.49. The second-order valence-corrected chi connectivity index (χ2v) is 5.34. The number of hydrogen-bond acceptors (Lipinski definition) is 5. The van der Waals surface area contributed by atoms with Crippen LogP contribution in [0.3, 0.4) is 0 Å². The number of aromatic carboxylic acids is 1. The summed E-state index contributed by atoms with van der Waals surface area (Å²) in [7, 11) is 1.77. The van der Waals surface area contributed by atoms with Gasteiger partial charge in [0.1, 0.15) is 5.69 Å². The van der Waals surface area contributed by atoms with Crippen molar-refractivity contribution in [2.24, 2.45) is 7.05 Å². The number of carbonyl (C=O) groups excluding carboxylic acids is 1. The number of rotatable bonds is 4. The van der Waals surface area contributed by atoms with E-state index in [9.17, 15) is 9.59 Å². The van der Waals surface area contributed by atoms with Crippen LogP contribution in [0.15, 0.2) is 41.2 Å². The highest BCUT2D eigenvalue weighted by Crippen LogP contribution is 2.22. The summed E-state index contributed by atoms with van der Waals surface area (Å²) in [5, 5.41) is 19.4. The van der Waals surface area contributed by atoms with Gasteiger partial charge in [-0.25, -0.2) is 4.79 Å². The average molecular weight is 347 g/mol. The molecule has 0 radical (unpaired) electrons. The van der Waals surface area contributed by atoms with Crippen LogP contribution < -0.4 is 5.32 Å². The Labute approximate surface area is 140 Å². The molecule has 0 unspecified atom stereocenters. The highest BCUT2D eigenvalue weighted by atomic mass is 35.5. The van der Waals surface area contributed by atoms with E-state index in [-0.39, 0.29) is 16.3 Å². The monoisotopic (exact) mass is 346 g/mol. The van der Waals surface area contributed by atoms with E-state index >= 15 is 0 Å². The topological polar surface area (TPSA) is 110 Å². The van der Waals surface area contributed by atoms with E-state index in [0.717, 1.165) is 0 Å². The Morgan fingerprint density at radius 1 is 1.33 bits per heavy atom. The molecular formula is C15H11ClN4O4. The predicted molar refractivity (Wildman–Crippen MR) is 85.1 cm³/mol. The largest absolute Gasteiger partial charge is 0.478 e. The van der Waals surface area contributed by atoms with Crippen molar-refractivity contribution in [2.45, 2.75) is 0 Å². The van der Waals surface area contributed by atoms with Crippen LogP contribution in [0.5, 0.6) is 0 Å². The highest BCUT2D eigenvalue weighted by molar-refractivity contribution is 6.33. The summed E-state index contributed by atoms with van der Waals surface area (Å²) >= 11 is 5.86. The van der Waals surface area contributed by atoms with Crippen LogP contribution in [0.2, 0.25) is 5.02 Å². The molecule has 0 bridgehead atoms. The van der Waals surface area contributed by atoms with Crippen molar-refractivity contribution in [1.29, 1.82) is 0 Å². The molecule has 0 saturated carbocycles. The number of halogens is 1. The van der Waals surface area contributed by atoms with E-state index in [4.69, 9.17) is 21.2 Å². The molecule has 2 N–H and O–H groups in total. The van der Waals surface area contributed by atoms with Gasteiger partial charge >= 0.3 is 5.97 Å². The maximum atomic E-state index is 12.2. The summed E-state index contributed by atoms with van der Waals surface area (Å²) in [6.07, 6.45) is 3.34. The molecule has 1 aromatic carbocycles. The Hall–Kier alpha value is -3.13. The molecule has 24 heavy (non-hydrogen) atoms. The normalized spacial score (nSPS) is 10.6. The van der Waals surface area contributed by atoms with Gasteiger partial charge in [0.25, 0.3) is 5.91 Å². The minimum absolute atomic E-state index is 0.00675. The lowest BCUT2D eigenvalue weighted by Crippen LogP contribution is -2.11.